The van der Waals surface area contributed by atoms with Crippen LogP contribution in [0.25, 0.3) is 15.9 Å². The number of rotatable bonds is 5. The highest BCUT2D eigenvalue weighted by Gasteiger charge is 2.24. The van der Waals surface area contributed by atoms with Crippen molar-refractivity contribution in [3.63, 3.8) is 0 Å². The Morgan fingerprint density at radius 3 is 2.84 bits per heavy atom. The van der Waals surface area contributed by atoms with E-state index < -0.39 is 0 Å². The number of benzene rings is 1. The van der Waals surface area contributed by atoms with E-state index in [1.54, 1.807) is 41.9 Å². The predicted octanol–water partition coefficient (Wildman–Crippen LogP) is 4.40. The Labute approximate surface area is 187 Å². The molecule has 158 valence electrons. The molecule has 3 aromatic heterocycles. The Bertz CT molecular complexity index is 1310. The van der Waals surface area contributed by atoms with Gasteiger partial charge in [-0.1, -0.05) is 18.7 Å². The number of Topliss-reactive ketones (excluding diaryl/α,β-unsaturated/α-hetero) is 1. The van der Waals surface area contributed by atoms with E-state index >= 15 is 0 Å². The quantitative estimate of drug-likeness (QED) is 0.357. The molecule has 0 radical (unpaired) electrons. The molecule has 0 bridgehead atoms. The van der Waals surface area contributed by atoms with E-state index in [1.807, 2.05) is 4.40 Å². The average Bonchev–Trinajstić information content (AvgIpc) is 3.32. The fourth-order valence-electron chi connectivity index (χ4n) is 3.93. The Morgan fingerprint density at radius 1 is 1.26 bits per heavy atom. The second-order valence-corrected chi connectivity index (χ2v) is 9.95. The summed E-state index contributed by atoms with van der Waals surface area (Å²) in [5.74, 6) is 0.759. The summed E-state index contributed by atoms with van der Waals surface area (Å²) in [6, 6.07) is 6.87. The number of aromatic nitrogens is 4. The number of nitrogens with one attached hydrogen (secondary N) is 1. The molecule has 5 rings (SSSR count). The summed E-state index contributed by atoms with van der Waals surface area (Å²) in [6.45, 7) is 3.81. The molecule has 1 aliphatic rings. The van der Waals surface area contributed by atoms with Crippen molar-refractivity contribution in [3.05, 3.63) is 46.6 Å². The van der Waals surface area contributed by atoms with Gasteiger partial charge in [-0.05, 0) is 61.9 Å². The first-order chi connectivity index (χ1) is 15.0. The predicted molar refractivity (Wildman–Crippen MR) is 123 cm³/mol. The highest BCUT2D eigenvalue weighted by molar-refractivity contribution is 7.99. The standard InChI is InChI=1S/C22H21N5O2S2/c1-12-3-8-16-17(9-12)31-21-19(16)20-25-26-22(27(20)11-23-21)30-10-18(29)24-15-6-4-14(5-7-15)13(2)28/h4-7,11-12H,3,8-10H2,1-2H3,(H,24,29)/t12-/m0/s1. The van der Waals surface area contributed by atoms with Crippen LogP contribution < -0.4 is 5.32 Å². The number of hydrogen-bond acceptors (Lipinski definition) is 7. The van der Waals surface area contributed by atoms with Crippen molar-refractivity contribution in [1.29, 1.82) is 0 Å². The van der Waals surface area contributed by atoms with E-state index in [9.17, 15) is 9.59 Å². The van der Waals surface area contributed by atoms with Crippen molar-refractivity contribution in [2.75, 3.05) is 11.1 Å². The molecule has 0 spiro atoms. The third-order valence-electron chi connectivity index (χ3n) is 5.58. The van der Waals surface area contributed by atoms with Gasteiger partial charge in [0.1, 0.15) is 11.2 Å². The number of nitrogens with zero attached hydrogens (tertiary/aromatic N) is 4. The summed E-state index contributed by atoms with van der Waals surface area (Å²) >= 11 is 3.09. The van der Waals surface area contributed by atoms with E-state index in [-0.39, 0.29) is 17.4 Å². The van der Waals surface area contributed by atoms with Crippen LogP contribution in [-0.4, -0.2) is 37.0 Å². The largest absolute Gasteiger partial charge is 0.325 e. The lowest BCUT2D eigenvalue weighted by molar-refractivity contribution is -0.113. The fourth-order valence-corrected chi connectivity index (χ4v) is 5.98. The van der Waals surface area contributed by atoms with E-state index in [1.165, 1.54) is 35.5 Å². The summed E-state index contributed by atoms with van der Waals surface area (Å²) in [5, 5.41) is 13.4. The van der Waals surface area contributed by atoms with E-state index in [0.29, 0.717) is 22.3 Å². The molecular weight excluding hydrogens is 430 g/mol. The zero-order chi connectivity index (χ0) is 21.5. The molecule has 0 aliphatic heterocycles. The number of ketones is 1. The summed E-state index contributed by atoms with van der Waals surface area (Å²) in [6.07, 6.45) is 5.09. The van der Waals surface area contributed by atoms with Gasteiger partial charge in [-0.15, -0.1) is 21.5 Å². The molecule has 31 heavy (non-hydrogen) atoms. The molecule has 1 amide bonds. The van der Waals surface area contributed by atoms with Crippen molar-refractivity contribution in [2.45, 2.75) is 38.3 Å². The summed E-state index contributed by atoms with van der Waals surface area (Å²) < 4.78 is 1.88. The Kier molecular flexibility index (Phi) is 5.23. The van der Waals surface area contributed by atoms with Crippen LogP contribution in [0.15, 0.2) is 35.7 Å². The van der Waals surface area contributed by atoms with Gasteiger partial charge >= 0.3 is 0 Å². The number of hydrogen-bond donors (Lipinski definition) is 1. The van der Waals surface area contributed by atoms with Crippen molar-refractivity contribution >= 4 is 56.3 Å². The van der Waals surface area contributed by atoms with Crippen molar-refractivity contribution in [2.24, 2.45) is 5.92 Å². The van der Waals surface area contributed by atoms with E-state index in [4.69, 9.17) is 0 Å². The first-order valence-electron chi connectivity index (χ1n) is 10.2. The molecule has 0 unspecified atom stereocenters. The van der Waals surface area contributed by atoms with Gasteiger partial charge in [0.05, 0.1) is 11.1 Å². The van der Waals surface area contributed by atoms with Gasteiger partial charge in [0.15, 0.2) is 16.6 Å². The first kappa shape index (κ1) is 20.1. The molecule has 1 N–H and O–H groups in total. The molecule has 9 heteroatoms. The smallest absolute Gasteiger partial charge is 0.234 e. The number of amides is 1. The maximum absolute atomic E-state index is 12.4. The molecular formula is C22H21N5O2S2. The Morgan fingerprint density at radius 2 is 2.06 bits per heavy atom. The third-order valence-corrected chi connectivity index (χ3v) is 7.68. The minimum Gasteiger partial charge on any atom is -0.325 e. The van der Waals surface area contributed by atoms with Crippen molar-refractivity contribution < 1.29 is 9.59 Å². The minimum absolute atomic E-state index is 0.00349. The van der Waals surface area contributed by atoms with Gasteiger partial charge < -0.3 is 5.32 Å². The number of thioether (sulfide) groups is 1. The Balaban J connectivity index is 1.33. The molecule has 1 aromatic carbocycles. The van der Waals surface area contributed by atoms with Gasteiger partial charge in [-0.2, -0.15) is 0 Å². The maximum atomic E-state index is 12.4. The Hall–Kier alpha value is -2.78. The first-order valence-corrected chi connectivity index (χ1v) is 12.0. The van der Waals surface area contributed by atoms with Gasteiger partial charge in [0, 0.05) is 16.1 Å². The van der Waals surface area contributed by atoms with Crippen LogP contribution in [0.5, 0.6) is 0 Å². The second kappa shape index (κ2) is 8.05. The van der Waals surface area contributed by atoms with Crippen LogP contribution >= 0.6 is 23.1 Å². The molecule has 0 fully saturated rings. The number of aryl methyl sites for hydroxylation is 1. The van der Waals surface area contributed by atoms with Crippen molar-refractivity contribution in [1.82, 2.24) is 19.6 Å². The zero-order valence-corrected chi connectivity index (χ0v) is 18.8. The lowest BCUT2D eigenvalue weighted by atomic mass is 9.89. The number of carbonyl (C=O) groups is 2. The van der Waals surface area contributed by atoms with Crippen LogP contribution in [0.1, 0.15) is 41.1 Å². The summed E-state index contributed by atoms with van der Waals surface area (Å²) in [4.78, 5) is 30.8. The number of thiophene rings is 1. The zero-order valence-electron chi connectivity index (χ0n) is 17.2. The molecule has 1 atom stereocenters. The average molecular weight is 452 g/mol. The normalized spacial score (nSPS) is 15.9. The van der Waals surface area contributed by atoms with Gasteiger partial charge in [0.25, 0.3) is 0 Å². The maximum Gasteiger partial charge on any atom is 0.234 e. The van der Waals surface area contributed by atoms with Gasteiger partial charge in [-0.25, -0.2) is 4.98 Å². The number of fused-ring (bicyclic) bond motifs is 5. The molecule has 0 saturated heterocycles. The van der Waals surface area contributed by atoms with Crippen LogP contribution in [0.3, 0.4) is 0 Å². The van der Waals surface area contributed by atoms with Gasteiger partial charge in [0.2, 0.25) is 5.91 Å². The summed E-state index contributed by atoms with van der Waals surface area (Å²) in [7, 11) is 0. The lowest BCUT2D eigenvalue weighted by Gasteiger charge is -2.17. The lowest BCUT2D eigenvalue weighted by Crippen LogP contribution is -2.14. The third kappa shape index (κ3) is 3.83. The van der Waals surface area contributed by atoms with Crippen LogP contribution in [0.2, 0.25) is 0 Å². The SMILES string of the molecule is CC(=O)c1ccc(NC(=O)CSc2nnc3c4c5c(sc4ncn23)C[C@@H](C)CC5)cc1. The molecule has 7 nitrogen and oxygen atoms in total. The van der Waals surface area contributed by atoms with Crippen LogP contribution in [-0.2, 0) is 17.6 Å². The highest BCUT2D eigenvalue weighted by Crippen LogP contribution is 2.39. The van der Waals surface area contributed by atoms with Crippen LogP contribution in [0.4, 0.5) is 5.69 Å². The van der Waals surface area contributed by atoms with Crippen molar-refractivity contribution in [3.8, 4) is 0 Å². The van der Waals surface area contributed by atoms with E-state index in [0.717, 1.165) is 28.7 Å². The topological polar surface area (TPSA) is 89.2 Å². The van der Waals surface area contributed by atoms with Gasteiger partial charge in [-0.3, -0.25) is 14.0 Å². The second-order valence-electron chi connectivity index (χ2n) is 7.92. The number of anilines is 1. The van der Waals surface area contributed by atoms with E-state index in [2.05, 4.69) is 27.4 Å². The minimum atomic E-state index is -0.145. The number of carbonyl (C=O) groups excluding carboxylic acids is 2. The molecule has 3 heterocycles. The monoisotopic (exact) mass is 451 g/mol. The summed E-state index contributed by atoms with van der Waals surface area (Å²) in [5.41, 5.74) is 3.46. The molecule has 0 saturated carbocycles. The fraction of sp³-hybridized carbons (Fsp3) is 0.318. The molecule has 1 aliphatic carbocycles. The van der Waals surface area contributed by atoms with Crippen LogP contribution in [0, 0.1) is 5.92 Å². The highest BCUT2D eigenvalue weighted by atomic mass is 32.2. The molecule has 4 aromatic rings.